The van der Waals surface area contributed by atoms with Crippen LogP contribution < -0.4 is 0 Å². The Labute approximate surface area is 93.9 Å². The molecule has 0 bridgehead atoms. The molecule has 1 aliphatic carbocycles. The molecule has 1 nitrogen and oxygen atoms in total. The van der Waals surface area contributed by atoms with Crippen molar-refractivity contribution in [1.29, 1.82) is 0 Å². The van der Waals surface area contributed by atoms with Crippen molar-refractivity contribution >= 4 is 11.6 Å². The van der Waals surface area contributed by atoms with Crippen LogP contribution in [0.1, 0.15) is 37.4 Å². The number of hydrogen-bond acceptors (Lipinski definition) is 1. The second-order valence-electron chi connectivity index (χ2n) is 4.19. The molecule has 1 unspecified atom stereocenters. The molecule has 1 aromatic rings. The van der Waals surface area contributed by atoms with Crippen molar-refractivity contribution in [3.05, 3.63) is 34.6 Å². The van der Waals surface area contributed by atoms with Gasteiger partial charge in [0.15, 0.2) is 0 Å². The molecular formula is C12H14ClFO. The molecule has 2 rings (SSSR count). The SMILES string of the molecule is OC(CC1CCC1)c1cccc(F)c1Cl. The van der Waals surface area contributed by atoms with Crippen molar-refractivity contribution in [1.82, 2.24) is 0 Å². The van der Waals surface area contributed by atoms with Gasteiger partial charge in [0.1, 0.15) is 5.82 Å². The van der Waals surface area contributed by atoms with E-state index in [2.05, 4.69) is 0 Å². The summed E-state index contributed by atoms with van der Waals surface area (Å²) in [4.78, 5) is 0. The van der Waals surface area contributed by atoms with Gasteiger partial charge < -0.3 is 5.11 Å². The van der Waals surface area contributed by atoms with Gasteiger partial charge in [0, 0.05) is 5.56 Å². The zero-order valence-corrected chi connectivity index (χ0v) is 9.17. The van der Waals surface area contributed by atoms with E-state index in [0.29, 0.717) is 17.9 Å². The van der Waals surface area contributed by atoms with Crippen molar-refractivity contribution < 1.29 is 9.50 Å². The Morgan fingerprint density at radius 3 is 2.80 bits per heavy atom. The molecule has 1 saturated carbocycles. The molecule has 3 heteroatoms. The maximum absolute atomic E-state index is 13.1. The zero-order chi connectivity index (χ0) is 10.8. The summed E-state index contributed by atoms with van der Waals surface area (Å²) in [5.74, 6) is 0.126. The van der Waals surface area contributed by atoms with Crippen molar-refractivity contribution in [3.63, 3.8) is 0 Å². The van der Waals surface area contributed by atoms with Crippen LogP contribution in [-0.2, 0) is 0 Å². The van der Waals surface area contributed by atoms with Gasteiger partial charge in [-0.1, -0.05) is 43.0 Å². The summed E-state index contributed by atoms with van der Waals surface area (Å²) in [7, 11) is 0. The third-order valence-corrected chi connectivity index (χ3v) is 3.52. The second-order valence-corrected chi connectivity index (χ2v) is 4.57. The molecular weight excluding hydrogens is 215 g/mol. The lowest BCUT2D eigenvalue weighted by molar-refractivity contribution is 0.118. The zero-order valence-electron chi connectivity index (χ0n) is 8.42. The third kappa shape index (κ3) is 2.32. The highest BCUT2D eigenvalue weighted by Crippen LogP contribution is 2.36. The minimum atomic E-state index is -0.626. The van der Waals surface area contributed by atoms with Gasteiger partial charge in [-0.15, -0.1) is 0 Å². The molecule has 0 heterocycles. The summed E-state index contributed by atoms with van der Waals surface area (Å²) in [5, 5.41) is 9.97. The summed E-state index contributed by atoms with van der Waals surface area (Å²) >= 11 is 5.80. The molecule has 0 aromatic heterocycles. The number of aliphatic hydroxyl groups excluding tert-OH is 1. The van der Waals surface area contributed by atoms with E-state index >= 15 is 0 Å². The summed E-state index contributed by atoms with van der Waals surface area (Å²) in [6.45, 7) is 0. The topological polar surface area (TPSA) is 20.2 Å². The van der Waals surface area contributed by atoms with E-state index in [1.807, 2.05) is 0 Å². The molecule has 1 atom stereocenters. The normalized spacial score (nSPS) is 18.6. The molecule has 0 radical (unpaired) electrons. The maximum atomic E-state index is 13.1. The predicted molar refractivity (Wildman–Crippen MR) is 58.3 cm³/mol. The summed E-state index contributed by atoms with van der Waals surface area (Å²) in [6.07, 6.45) is 3.66. The molecule has 0 saturated heterocycles. The molecule has 1 fully saturated rings. The highest BCUT2D eigenvalue weighted by Gasteiger charge is 2.23. The monoisotopic (exact) mass is 228 g/mol. The first-order valence-electron chi connectivity index (χ1n) is 5.30. The van der Waals surface area contributed by atoms with E-state index in [0.717, 1.165) is 0 Å². The van der Waals surface area contributed by atoms with Crippen LogP contribution >= 0.6 is 11.6 Å². The Morgan fingerprint density at radius 2 is 2.20 bits per heavy atom. The summed E-state index contributed by atoms with van der Waals surface area (Å²) in [6, 6.07) is 4.58. The molecule has 15 heavy (non-hydrogen) atoms. The highest BCUT2D eigenvalue weighted by molar-refractivity contribution is 6.31. The van der Waals surface area contributed by atoms with E-state index in [1.54, 1.807) is 12.1 Å². The van der Waals surface area contributed by atoms with E-state index in [1.165, 1.54) is 25.3 Å². The van der Waals surface area contributed by atoms with Gasteiger partial charge in [-0.2, -0.15) is 0 Å². The van der Waals surface area contributed by atoms with Crippen LogP contribution in [0.4, 0.5) is 4.39 Å². The second kappa shape index (κ2) is 4.50. The quantitative estimate of drug-likeness (QED) is 0.837. The lowest BCUT2D eigenvalue weighted by Gasteiger charge is -2.27. The van der Waals surface area contributed by atoms with Crippen LogP contribution in [0.3, 0.4) is 0 Å². The number of benzene rings is 1. The van der Waals surface area contributed by atoms with E-state index in [-0.39, 0.29) is 5.02 Å². The molecule has 0 amide bonds. The molecule has 0 spiro atoms. The van der Waals surface area contributed by atoms with Crippen molar-refractivity contribution in [2.75, 3.05) is 0 Å². The van der Waals surface area contributed by atoms with Gasteiger partial charge in [0.25, 0.3) is 0 Å². The van der Waals surface area contributed by atoms with Gasteiger partial charge >= 0.3 is 0 Å². The third-order valence-electron chi connectivity index (χ3n) is 3.12. The Morgan fingerprint density at radius 1 is 1.47 bits per heavy atom. The number of hydrogen-bond donors (Lipinski definition) is 1. The van der Waals surface area contributed by atoms with E-state index in [4.69, 9.17) is 11.6 Å². The summed E-state index contributed by atoms with van der Waals surface area (Å²) < 4.78 is 13.1. The van der Waals surface area contributed by atoms with Crippen molar-refractivity contribution in [3.8, 4) is 0 Å². The summed E-state index contributed by atoms with van der Waals surface area (Å²) in [5.41, 5.74) is 0.517. The predicted octanol–water partition coefficient (Wildman–Crippen LogP) is 3.70. The fourth-order valence-electron chi connectivity index (χ4n) is 1.95. The van der Waals surface area contributed by atoms with Gasteiger partial charge in [-0.25, -0.2) is 4.39 Å². The van der Waals surface area contributed by atoms with Crippen molar-refractivity contribution in [2.24, 2.45) is 5.92 Å². The first-order chi connectivity index (χ1) is 7.18. The fraction of sp³-hybridized carbons (Fsp3) is 0.500. The Hall–Kier alpha value is -0.600. The van der Waals surface area contributed by atoms with Crippen LogP contribution in [0.2, 0.25) is 5.02 Å². The first-order valence-corrected chi connectivity index (χ1v) is 5.68. The lowest BCUT2D eigenvalue weighted by atomic mass is 9.80. The molecule has 82 valence electrons. The highest BCUT2D eigenvalue weighted by atomic mass is 35.5. The average Bonchev–Trinajstić information content (AvgIpc) is 2.15. The molecule has 1 aromatic carbocycles. The van der Waals surface area contributed by atoms with Gasteiger partial charge in [0.05, 0.1) is 11.1 Å². The minimum absolute atomic E-state index is 0.0596. The largest absolute Gasteiger partial charge is 0.388 e. The molecule has 1 N–H and O–H groups in total. The van der Waals surface area contributed by atoms with Gasteiger partial charge in [-0.05, 0) is 18.4 Å². The van der Waals surface area contributed by atoms with E-state index in [9.17, 15) is 9.50 Å². The van der Waals surface area contributed by atoms with Crippen LogP contribution in [0.15, 0.2) is 18.2 Å². The van der Waals surface area contributed by atoms with Crippen LogP contribution in [0.5, 0.6) is 0 Å². The molecule has 1 aliphatic rings. The fourth-order valence-corrected chi connectivity index (χ4v) is 2.20. The Kier molecular flexibility index (Phi) is 3.27. The molecule has 0 aliphatic heterocycles. The van der Waals surface area contributed by atoms with E-state index < -0.39 is 11.9 Å². The first kappa shape index (κ1) is 10.9. The Balaban J connectivity index is 2.09. The number of aliphatic hydroxyl groups is 1. The minimum Gasteiger partial charge on any atom is -0.388 e. The van der Waals surface area contributed by atoms with Gasteiger partial charge in [0.2, 0.25) is 0 Å². The van der Waals surface area contributed by atoms with Gasteiger partial charge in [-0.3, -0.25) is 0 Å². The Bertz CT molecular complexity index is 349. The average molecular weight is 229 g/mol. The smallest absolute Gasteiger partial charge is 0.142 e. The maximum Gasteiger partial charge on any atom is 0.142 e. The van der Waals surface area contributed by atoms with Crippen LogP contribution in [-0.4, -0.2) is 5.11 Å². The number of halogens is 2. The van der Waals surface area contributed by atoms with Crippen LogP contribution in [0.25, 0.3) is 0 Å². The van der Waals surface area contributed by atoms with Crippen molar-refractivity contribution in [2.45, 2.75) is 31.8 Å². The number of rotatable bonds is 3. The van der Waals surface area contributed by atoms with Crippen LogP contribution in [0, 0.1) is 11.7 Å². The lowest BCUT2D eigenvalue weighted by Crippen LogP contribution is -2.15. The standard InChI is InChI=1S/C12H14ClFO/c13-12-9(5-2-6-10(12)14)11(15)7-8-3-1-4-8/h2,5-6,8,11,15H,1,3-4,7H2.